The number of hydrogen-bond acceptors (Lipinski definition) is 4. The molecule has 6 heteroatoms. The number of hydrogen-bond donors (Lipinski definition) is 0. The van der Waals surface area contributed by atoms with Gasteiger partial charge in [-0.2, -0.15) is 0 Å². The van der Waals surface area contributed by atoms with E-state index in [0.29, 0.717) is 5.82 Å². The summed E-state index contributed by atoms with van der Waals surface area (Å²) in [4.78, 5) is 14.1. The Morgan fingerprint density at radius 2 is 1.89 bits per heavy atom. The topological polar surface area (TPSA) is 60.2 Å². The highest BCUT2D eigenvalue weighted by atomic mass is 16.5. The van der Waals surface area contributed by atoms with Crippen molar-refractivity contribution in [3.63, 3.8) is 0 Å². The molecule has 6 nitrogen and oxygen atoms in total. The first-order chi connectivity index (χ1) is 13.6. The number of nitrogens with zero attached hydrogens (tertiary/aromatic N) is 4. The molecule has 0 bridgehead atoms. The average molecular weight is 391 g/mol. The highest BCUT2D eigenvalue weighted by Crippen LogP contribution is 2.34. The van der Waals surface area contributed by atoms with E-state index in [1.165, 1.54) is 5.57 Å². The molecule has 0 saturated heterocycles. The van der Waals surface area contributed by atoms with Crippen molar-refractivity contribution in [3.8, 4) is 0 Å². The van der Waals surface area contributed by atoms with Gasteiger partial charge in [0, 0.05) is 32.2 Å². The summed E-state index contributed by atoms with van der Waals surface area (Å²) >= 11 is 0. The van der Waals surface area contributed by atoms with Crippen LogP contribution >= 0.6 is 0 Å². The lowest BCUT2D eigenvalue weighted by atomic mass is 9.79. The molecule has 3 rings (SSSR count). The molecule has 0 unspecified atom stereocenters. The predicted octanol–water partition coefficient (Wildman–Crippen LogP) is 4.61. The highest BCUT2D eigenvalue weighted by molar-refractivity contribution is 5.95. The molecular weight excluding hydrogens is 352 g/mol. The van der Waals surface area contributed by atoms with Crippen molar-refractivity contribution in [2.45, 2.75) is 78.7 Å². The lowest BCUT2D eigenvalue weighted by Gasteiger charge is -2.27. The number of carbonyl (C=O) groups is 1. The first-order valence-electron chi connectivity index (χ1n) is 11.0. The molecular formula is C22H38N4O2. The van der Waals surface area contributed by atoms with Gasteiger partial charge in [-0.25, -0.2) is 0 Å². The third-order valence-electron chi connectivity index (χ3n) is 5.06. The van der Waals surface area contributed by atoms with E-state index in [4.69, 9.17) is 4.74 Å². The number of allylic oxidation sites excluding steroid dienone is 1. The van der Waals surface area contributed by atoms with Crippen LogP contribution in [0.15, 0.2) is 18.3 Å². The number of aromatic nitrogens is 3. The van der Waals surface area contributed by atoms with Crippen LogP contribution in [0.25, 0.3) is 0 Å². The summed E-state index contributed by atoms with van der Waals surface area (Å²) < 4.78 is 7.01. The summed E-state index contributed by atoms with van der Waals surface area (Å²) in [6.07, 6.45) is 10.6. The van der Waals surface area contributed by atoms with Crippen LogP contribution in [0.4, 0.5) is 5.82 Å². The molecule has 2 saturated carbocycles. The number of carbonyl (C=O) groups excluding carboxylic acids is 1. The molecule has 28 heavy (non-hydrogen) atoms. The number of ether oxygens (including phenoxy) is 1. The van der Waals surface area contributed by atoms with Crippen LogP contribution in [-0.4, -0.2) is 40.7 Å². The maximum atomic E-state index is 12.3. The summed E-state index contributed by atoms with van der Waals surface area (Å²) in [5.74, 6) is 1.92. The summed E-state index contributed by atoms with van der Waals surface area (Å²) in [5.41, 5.74) is 1.36. The summed E-state index contributed by atoms with van der Waals surface area (Å²) in [7, 11) is 0. The van der Waals surface area contributed by atoms with Crippen LogP contribution in [-0.2, 0) is 16.1 Å². The number of amides is 1. The summed E-state index contributed by atoms with van der Waals surface area (Å²) in [6.45, 7) is 13.8. The molecule has 1 heterocycles. The Balaban J connectivity index is 0.000000345. The Kier molecular flexibility index (Phi) is 9.68. The van der Waals surface area contributed by atoms with E-state index in [1.807, 2.05) is 15.8 Å². The van der Waals surface area contributed by atoms with E-state index in [9.17, 15) is 4.79 Å². The van der Waals surface area contributed by atoms with E-state index in [-0.39, 0.29) is 11.8 Å². The van der Waals surface area contributed by atoms with Crippen LogP contribution < -0.4 is 4.90 Å². The van der Waals surface area contributed by atoms with Crippen LogP contribution in [0.5, 0.6) is 0 Å². The first kappa shape index (κ1) is 22.6. The average Bonchev–Trinajstić information content (AvgIpc) is 3.42. The molecule has 158 valence electrons. The molecule has 0 atom stereocenters. The monoisotopic (exact) mass is 390 g/mol. The van der Waals surface area contributed by atoms with Crippen molar-refractivity contribution in [3.05, 3.63) is 18.3 Å². The number of rotatable bonds is 11. The maximum absolute atomic E-state index is 12.3. The van der Waals surface area contributed by atoms with Crippen molar-refractivity contribution in [2.24, 2.45) is 11.8 Å². The molecule has 0 aromatic carbocycles. The zero-order chi connectivity index (χ0) is 20.4. The molecule has 2 aliphatic rings. The molecule has 0 radical (unpaired) electrons. The van der Waals surface area contributed by atoms with E-state index in [1.54, 1.807) is 0 Å². The van der Waals surface area contributed by atoms with Crippen molar-refractivity contribution in [1.29, 1.82) is 0 Å². The lowest BCUT2D eigenvalue weighted by molar-refractivity contribution is -0.119. The van der Waals surface area contributed by atoms with Crippen molar-refractivity contribution in [1.82, 2.24) is 15.0 Å². The van der Waals surface area contributed by atoms with Gasteiger partial charge in [0.05, 0.1) is 6.20 Å². The Hall–Kier alpha value is -1.69. The second-order valence-corrected chi connectivity index (χ2v) is 8.03. The van der Waals surface area contributed by atoms with Gasteiger partial charge in [-0.1, -0.05) is 38.1 Å². The fourth-order valence-electron chi connectivity index (χ4n) is 3.30. The molecule has 0 spiro atoms. The van der Waals surface area contributed by atoms with E-state index >= 15 is 0 Å². The lowest BCUT2D eigenvalue weighted by Crippen LogP contribution is -2.33. The second kappa shape index (κ2) is 12.0. The maximum Gasteiger partial charge on any atom is 0.231 e. The summed E-state index contributed by atoms with van der Waals surface area (Å²) in [6, 6.07) is 0. The molecule has 1 aromatic rings. The van der Waals surface area contributed by atoms with Gasteiger partial charge in [0.25, 0.3) is 0 Å². The van der Waals surface area contributed by atoms with E-state index in [0.717, 1.165) is 83.6 Å². The van der Waals surface area contributed by atoms with Crippen molar-refractivity contribution >= 4 is 11.7 Å². The fraction of sp³-hybridized carbons (Fsp3) is 0.773. The third-order valence-corrected chi connectivity index (χ3v) is 5.06. The van der Waals surface area contributed by atoms with Gasteiger partial charge in [-0.05, 0) is 57.3 Å². The highest BCUT2D eigenvalue weighted by Gasteiger charge is 2.34. The minimum atomic E-state index is 0.221. The Bertz CT molecular complexity index is 597. The Labute approximate surface area is 170 Å². The van der Waals surface area contributed by atoms with Gasteiger partial charge >= 0.3 is 0 Å². The molecule has 2 aliphatic carbocycles. The predicted molar refractivity (Wildman–Crippen MR) is 113 cm³/mol. The van der Waals surface area contributed by atoms with E-state index < -0.39 is 0 Å². The molecule has 1 aromatic heterocycles. The first-order valence-corrected chi connectivity index (χ1v) is 11.0. The van der Waals surface area contributed by atoms with Crippen LogP contribution in [0.1, 0.15) is 72.1 Å². The van der Waals surface area contributed by atoms with Gasteiger partial charge < -0.3 is 4.74 Å². The van der Waals surface area contributed by atoms with Gasteiger partial charge in [0.2, 0.25) is 5.91 Å². The van der Waals surface area contributed by atoms with Crippen LogP contribution in [0.3, 0.4) is 0 Å². The Morgan fingerprint density at radius 3 is 2.43 bits per heavy atom. The standard InChI is InChI=1S/C16H24N4O.C6H14O/c1-3-7-20(16(21)14-4-5-14)15-11-19(18-17-15)8-6-13-9-12(2)10-13;1-3-5-7-6-4-2/h11,13-14H,2-10H2,1H3;3-6H2,1-2H3. The second-order valence-electron chi connectivity index (χ2n) is 8.03. The summed E-state index contributed by atoms with van der Waals surface area (Å²) in [5, 5.41) is 8.38. The van der Waals surface area contributed by atoms with Gasteiger partial charge in [0.15, 0.2) is 5.82 Å². The zero-order valence-corrected chi connectivity index (χ0v) is 18.0. The number of anilines is 1. The minimum absolute atomic E-state index is 0.221. The normalized spacial score (nSPS) is 16.3. The van der Waals surface area contributed by atoms with Crippen molar-refractivity contribution < 1.29 is 9.53 Å². The van der Waals surface area contributed by atoms with Gasteiger partial charge in [0.1, 0.15) is 0 Å². The third kappa shape index (κ3) is 7.38. The van der Waals surface area contributed by atoms with Gasteiger partial charge in [-0.3, -0.25) is 14.4 Å². The van der Waals surface area contributed by atoms with E-state index in [2.05, 4.69) is 37.7 Å². The zero-order valence-electron chi connectivity index (χ0n) is 18.0. The SMILES string of the molecule is C=C1CC(CCn2cc(N(CCC)C(=O)C3CC3)nn2)C1.CCCOCCC. The number of aryl methyl sites for hydroxylation is 1. The fourth-order valence-corrected chi connectivity index (χ4v) is 3.30. The largest absolute Gasteiger partial charge is 0.381 e. The molecule has 0 N–H and O–H groups in total. The minimum Gasteiger partial charge on any atom is -0.381 e. The smallest absolute Gasteiger partial charge is 0.231 e. The van der Waals surface area contributed by atoms with Crippen LogP contribution in [0.2, 0.25) is 0 Å². The molecule has 2 fully saturated rings. The van der Waals surface area contributed by atoms with Gasteiger partial charge in [-0.15, -0.1) is 5.10 Å². The van der Waals surface area contributed by atoms with Crippen molar-refractivity contribution in [2.75, 3.05) is 24.7 Å². The molecule has 1 amide bonds. The quantitative estimate of drug-likeness (QED) is 0.409. The Morgan fingerprint density at radius 1 is 1.21 bits per heavy atom. The van der Waals surface area contributed by atoms with Crippen LogP contribution in [0, 0.1) is 11.8 Å². The molecule has 0 aliphatic heterocycles.